The Morgan fingerprint density at radius 1 is 1.10 bits per heavy atom. The van der Waals surface area contributed by atoms with Gasteiger partial charge in [0.15, 0.2) is 10.8 Å². The number of anilines is 1. The number of aromatic nitrogens is 4. The summed E-state index contributed by atoms with van der Waals surface area (Å²) in [5.41, 5.74) is 0.722. The molecular formula is C26H26Cl4N6O3. The molecule has 2 unspecified atom stereocenters. The Balaban J connectivity index is 1.21. The number of benzene rings is 1. The molecule has 13 heteroatoms. The van der Waals surface area contributed by atoms with Gasteiger partial charge in [0.1, 0.15) is 5.02 Å². The Morgan fingerprint density at radius 2 is 1.77 bits per heavy atom. The highest BCUT2D eigenvalue weighted by molar-refractivity contribution is 6.36. The van der Waals surface area contributed by atoms with Crippen molar-refractivity contribution < 1.29 is 9.72 Å². The minimum Gasteiger partial charge on any atom is -0.358 e. The third-order valence-electron chi connectivity index (χ3n) is 8.69. The second-order valence-corrected chi connectivity index (χ2v) is 13.1. The van der Waals surface area contributed by atoms with Crippen LogP contribution in [0.3, 0.4) is 0 Å². The summed E-state index contributed by atoms with van der Waals surface area (Å²) >= 11 is 25.3. The lowest BCUT2D eigenvalue weighted by Crippen LogP contribution is -2.57. The van der Waals surface area contributed by atoms with Crippen molar-refractivity contribution in [2.45, 2.75) is 64.0 Å². The molecule has 2 aromatic heterocycles. The van der Waals surface area contributed by atoms with Crippen LogP contribution in [0.2, 0.25) is 20.1 Å². The Bertz CT molecular complexity index is 1470. The van der Waals surface area contributed by atoms with Gasteiger partial charge in [-0.1, -0.05) is 52.5 Å². The molecular weight excluding hydrogens is 586 g/mol. The van der Waals surface area contributed by atoms with Crippen molar-refractivity contribution >= 4 is 63.9 Å². The Labute approximate surface area is 244 Å². The Hall–Kier alpha value is -2.33. The van der Waals surface area contributed by atoms with Gasteiger partial charge in [-0.2, -0.15) is 9.78 Å². The Morgan fingerprint density at radius 3 is 2.38 bits per heavy atom. The monoisotopic (exact) mass is 610 g/mol. The van der Waals surface area contributed by atoms with E-state index in [2.05, 4.69) is 15.5 Å². The zero-order valence-electron chi connectivity index (χ0n) is 21.1. The Kier molecular flexibility index (Phi) is 6.65. The molecule has 7 rings (SSSR count). The number of rotatable bonds is 7. The van der Waals surface area contributed by atoms with Gasteiger partial charge in [0.2, 0.25) is 5.91 Å². The van der Waals surface area contributed by atoms with E-state index < -0.39 is 4.92 Å². The van der Waals surface area contributed by atoms with Gasteiger partial charge in [-0.3, -0.25) is 9.48 Å². The standard InChI is InChI=1S/C26H26Cl4N6O3/c1-14-22(30)24(36(38)39)33-35(14)26-8-15-5-16(9-26)7-25(6-15,13-26)10-21(37)31-23-20(29)12-34(32-23)11-17-18(27)3-2-4-19(17)28/h2-4,12,15-16H,5-11,13H2,1H3,(H,31,32,37). The van der Waals surface area contributed by atoms with Crippen LogP contribution in [0.1, 0.15) is 56.2 Å². The first-order chi connectivity index (χ1) is 18.5. The molecule has 0 saturated heterocycles. The van der Waals surface area contributed by atoms with Gasteiger partial charge in [-0.05, 0) is 79.8 Å². The van der Waals surface area contributed by atoms with Gasteiger partial charge < -0.3 is 15.4 Å². The number of nitrogens with one attached hydrogen (secondary N) is 1. The highest BCUT2D eigenvalue weighted by Crippen LogP contribution is 2.65. The van der Waals surface area contributed by atoms with Gasteiger partial charge in [0.05, 0.1) is 22.9 Å². The van der Waals surface area contributed by atoms with Gasteiger partial charge in [0, 0.05) is 28.2 Å². The minimum atomic E-state index is -0.530. The number of halogens is 4. The smallest absolute Gasteiger partial charge is 0.358 e. The van der Waals surface area contributed by atoms with Gasteiger partial charge in [0.25, 0.3) is 0 Å². The number of hydrogen-bond donors (Lipinski definition) is 1. The normalized spacial score (nSPS) is 27.2. The van der Waals surface area contributed by atoms with Crippen molar-refractivity contribution in [1.82, 2.24) is 19.6 Å². The predicted molar refractivity (Wildman–Crippen MR) is 150 cm³/mol. The molecule has 4 aliphatic rings. The molecule has 1 amide bonds. The number of nitrogens with zero attached hydrogens (tertiary/aromatic N) is 5. The average Bonchev–Trinajstić information content (AvgIpc) is 3.33. The van der Waals surface area contributed by atoms with Crippen molar-refractivity contribution in [3.05, 3.63) is 65.9 Å². The van der Waals surface area contributed by atoms with Crippen LogP contribution in [-0.2, 0) is 16.9 Å². The molecule has 0 aliphatic heterocycles. The molecule has 3 aromatic rings. The first-order valence-corrected chi connectivity index (χ1v) is 14.3. The van der Waals surface area contributed by atoms with Crippen LogP contribution < -0.4 is 5.32 Å². The van der Waals surface area contributed by atoms with Gasteiger partial charge in [-0.15, -0.1) is 0 Å². The molecule has 206 valence electrons. The largest absolute Gasteiger partial charge is 0.408 e. The summed E-state index contributed by atoms with van der Waals surface area (Å²) < 4.78 is 3.40. The van der Waals surface area contributed by atoms with Crippen LogP contribution >= 0.6 is 46.4 Å². The molecule has 9 nitrogen and oxygen atoms in total. The summed E-state index contributed by atoms with van der Waals surface area (Å²) in [6, 6.07) is 5.28. The van der Waals surface area contributed by atoms with Crippen molar-refractivity contribution in [1.29, 1.82) is 0 Å². The maximum absolute atomic E-state index is 13.4. The molecule has 4 aliphatic carbocycles. The van der Waals surface area contributed by atoms with Crippen molar-refractivity contribution in [2.75, 3.05) is 5.32 Å². The second-order valence-electron chi connectivity index (χ2n) is 11.5. The van der Waals surface area contributed by atoms with E-state index in [0.717, 1.165) is 38.5 Å². The van der Waals surface area contributed by atoms with Crippen molar-refractivity contribution in [3.8, 4) is 0 Å². The van der Waals surface area contributed by atoms with Crippen molar-refractivity contribution in [2.24, 2.45) is 17.3 Å². The molecule has 2 heterocycles. The van der Waals surface area contributed by atoms with Crippen LogP contribution in [0.5, 0.6) is 0 Å². The van der Waals surface area contributed by atoms with E-state index in [0.29, 0.717) is 51.1 Å². The highest BCUT2D eigenvalue weighted by Gasteiger charge is 2.61. The molecule has 4 bridgehead atoms. The van der Waals surface area contributed by atoms with E-state index in [-0.39, 0.29) is 33.5 Å². The second kappa shape index (κ2) is 9.65. The van der Waals surface area contributed by atoms with Crippen LogP contribution in [0.25, 0.3) is 0 Å². The van der Waals surface area contributed by atoms with Gasteiger partial charge >= 0.3 is 5.82 Å². The molecule has 1 aromatic carbocycles. The molecule has 2 atom stereocenters. The number of hydrogen-bond acceptors (Lipinski definition) is 5. The maximum Gasteiger partial charge on any atom is 0.408 e. The number of amides is 1. The van der Waals surface area contributed by atoms with E-state index in [9.17, 15) is 14.9 Å². The van der Waals surface area contributed by atoms with E-state index in [4.69, 9.17) is 46.4 Å². The topological polar surface area (TPSA) is 108 Å². The molecule has 1 N–H and O–H groups in total. The number of nitro groups is 1. The lowest BCUT2D eigenvalue weighted by molar-refractivity contribution is -0.389. The van der Waals surface area contributed by atoms with Crippen LogP contribution in [0.15, 0.2) is 24.4 Å². The van der Waals surface area contributed by atoms with Crippen LogP contribution in [0.4, 0.5) is 11.6 Å². The molecule has 39 heavy (non-hydrogen) atoms. The fourth-order valence-corrected chi connectivity index (χ4v) is 8.73. The first-order valence-electron chi connectivity index (χ1n) is 12.8. The van der Waals surface area contributed by atoms with Crippen LogP contribution in [0, 0.1) is 34.3 Å². The van der Waals surface area contributed by atoms with Crippen LogP contribution in [-0.4, -0.2) is 30.4 Å². The fourth-order valence-electron chi connectivity index (χ4n) is 7.83. The van der Waals surface area contributed by atoms with E-state index in [1.165, 1.54) is 0 Å². The summed E-state index contributed by atoms with van der Waals surface area (Å²) in [5, 5.41) is 24.7. The molecule has 0 spiro atoms. The van der Waals surface area contributed by atoms with E-state index in [1.54, 1.807) is 40.7 Å². The SMILES string of the molecule is Cc1c(Cl)c([N+](=O)[O-])nn1C12CC3CC(CC(CC(=O)Nc4nn(Cc5c(Cl)cccc5Cl)cc4Cl)(C3)C1)C2. The van der Waals surface area contributed by atoms with E-state index in [1.807, 2.05) is 0 Å². The summed E-state index contributed by atoms with van der Waals surface area (Å²) in [6.07, 6.45) is 7.47. The lowest BCUT2D eigenvalue weighted by Gasteiger charge is -2.61. The van der Waals surface area contributed by atoms with Crippen molar-refractivity contribution in [3.63, 3.8) is 0 Å². The van der Waals surface area contributed by atoms with E-state index >= 15 is 0 Å². The quantitative estimate of drug-likeness (QED) is 0.223. The maximum atomic E-state index is 13.4. The lowest BCUT2D eigenvalue weighted by atomic mass is 9.46. The molecule has 4 fully saturated rings. The summed E-state index contributed by atoms with van der Waals surface area (Å²) in [5.74, 6) is 0.693. The summed E-state index contributed by atoms with van der Waals surface area (Å²) in [7, 11) is 0. The molecule has 0 radical (unpaired) electrons. The zero-order valence-corrected chi connectivity index (χ0v) is 24.1. The third-order valence-corrected chi connectivity index (χ3v) is 10.1. The highest BCUT2D eigenvalue weighted by atomic mass is 35.5. The summed E-state index contributed by atoms with van der Waals surface area (Å²) in [6.45, 7) is 2.09. The van der Waals surface area contributed by atoms with Gasteiger partial charge in [-0.25, -0.2) is 0 Å². The third kappa shape index (κ3) is 4.71. The fraction of sp³-hybridized carbons (Fsp3) is 0.500. The summed E-state index contributed by atoms with van der Waals surface area (Å²) in [4.78, 5) is 24.4. The number of carbonyl (C=O) groups is 1. The minimum absolute atomic E-state index is 0.0887. The predicted octanol–water partition coefficient (Wildman–Crippen LogP) is 7.28. The zero-order chi connectivity index (χ0) is 27.7. The number of carbonyl (C=O) groups excluding carboxylic acids is 1. The average molecular weight is 612 g/mol. The molecule has 4 saturated carbocycles. The first kappa shape index (κ1) is 26.9.